The summed E-state index contributed by atoms with van der Waals surface area (Å²) in [6.45, 7) is 3.51. The first-order valence-electron chi connectivity index (χ1n) is 11.6. The van der Waals surface area contributed by atoms with Crippen LogP contribution in [0.25, 0.3) is 0 Å². The average molecular weight is 453 g/mol. The lowest BCUT2D eigenvalue weighted by Crippen LogP contribution is -2.49. The first-order valence-corrected chi connectivity index (χ1v) is 11.6. The first kappa shape index (κ1) is 23.0. The van der Waals surface area contributed by atoms with Crippen LogP contribution in [0.1, 0.15) is 54.9 Å². The van der Waals surface area contributed by atoms with Crippen molar-refractivity contribution in [2.75, 3.05) is 31.1 Å². The van der Waals surface area contributed by atoms with E-state index in [9.17, 15) is 18.8 Å². The van der Waals surface area contributed by atoms with Crippen LogP contribution in [0.3, 0.4) is 0 Å². The Morgan fingerprint density at radius 1 is 0.970 bits per heavy atom. The third-order valence-electron chi connectivity index (χ3n) is 6.72. The molecule has 0 N–H and O–H groups in total. The number of amides is 2. The minimum atomic E-state index is -0.890. The maximum atomic E-state index is 13.5. The number of rotatable bonds is 5. The van der Waals surface area contributed by atoms with Gasteiger partial charge in [-0.3, -0.25) is 14.4 Å². The number of likely N-dealkylation sites (tertiary alicyclic amines) is 1. The Morgan fingerprint density at radius 3 is 2.24 bits per heavy atom. The fraction of sp³-hybridized carbons (Fsp3) is 0.423. The van der Waals surface area contributed by atoms with Crippen LogP contribution in [0.4, 0.5) is 10.1 Å². The molecule has 2 aromatic carbocycles. The molecule has 6 nitrogen and oxygen atoms in total. The quantitative estimate of drug-likeness (QED) is 0.641. The second-order valence-electron chi connectivity index (χ2n) is 8.65. The molecule has 0 unspecified atom stereocenters. The van der Waals surface area contributed by atoms with Crippen LogP contribution in [-0.2, 0) is 19.7 Å². The number of carbonyl (C=O) groups is 3. The van der Waals surface area contributed by atoms with E-state index in [0.29, 0.717) is 50.0 Å². The first-order chi connectivity index (χ1) is 15.9. The van der Waals surface area contributed by atoms with Crippen molar-refractivity contribution in [2.45, 2.75) is 44.4 Å². The van der Waals surface area contributed by atoms with Gasteiger partial charge in [0.15, 0.2) is 0 Å². The molecule has 0 bridgehead atoms. The lowest BCUT2D eigenvalue weighted by molar-refractivity contribution is -0.152. The number of benzene rings is 2. The Bertz CT molecular complexity index is 1010. The predicted octanol–water partition coefficient (Wildman–Crippen LogP) is 4.08. The third-order valence-corrected chi connectivity index (χ3v) is 6.72. The zero-order valence-corrected chi connectivity index (χ0v) is 18.9. The van der Waals surface area contributed by atoms with Crippen molar-refractivity contribution in [1.29, 1.82) is 0 Å². The van der Waals surface area contributed by atoms with Crippen molar-refractivity contribution in [3.05, 3.63) is 65.5 Å². The van der Waals surface area contributed by atoms with Crippen molar-refractivity contribution < 1.29 is 23.5 Å². The molecule has 2 aliphatic heterocycles. The third kappa shape index (κ3) is 4.63. The van der Waals surface area contributed by atoms with E-state index in [0.717, 1.165) is 18.5 Å². The highest BCUT2D eigenvalue weighted by atomic mass is 19.1. The molecule has 0 saturated carbocycles. The van der Waals surface area contributed by atoms with E-state index in [-0.39, 0.29) is 30.2 Å². The predicted molar refractivity (Wildman–Crippen MR) is 122 cm³/mol. The molecule has 2 saturated heterocycles. The number of piperidine rings is 2. The van der Waals surface area contributed by atoms with Gasteiger partial charge in [0.25, 0.3) is 5.91 Å². The SMILES string of the molecule is CCOC(=O)C1(c2ccc(F)cc2)CCN(C(=O)c2ccc(N3CCCCC3=O)cc2)CC1. The molecule has 2 fully saturated rings. The summed E-state index contributed by atoms with van der Waals surface area (Å²) >= 11 is 0. The number of nitrogens with zero attached hydrogens (tertiary/aromatic N) is 2. The lowest BCUT2D eigenvalue weighted by Gasteiger charge is -2.40. The summed E-state index contributed by atoms with van der Waals surface area (Å²) in [6, 6.07) is 13.1. The summed E-state index contributed by atoms with van der Waals surface area (Å²) in [5.74, 6) is -0.685. The van der Waals surface area contributed by atoms with Crippen molar-refractivity contribution in [1.82, 2.24) is 4.90 Å². The van der Waals surface area contributed by atoms with Crippen LogP contribution in [0.2, 0.25) is 0 Å². The molecule has 0 atom stereocenters. The van der Waals surface area contributed by atoms with Crippen LogP contribution in [-0.4, -0.2) is 48.9 Å². The van der Waals surface area contributed by atoms with Crippen molar-refractivity contribution >= 4 is 23.5 Å². The summed E-state index contributed by atoms with van der Waals surface area (Å²) in [6.07, 6.45) is 3.28. The maximum Gasteiger partial charge on any atom is 0.316 e. The molecule has 2 aliphatic rings. The van der Waals surface area contributed by atoms with E-state index in [1.54, 1.807) is 41.0 Å². The topological polar surface area (TPSA) is 66.9 Å². The number of ether oxygens (including phenoxy) is 1. The molecular weight excluding hydrogens is 423 g/mol. The number of anilines is 1. The number of esters is 1. The minimum absolute atomic E-state index is 0.108. The Morgan fingerprint density at radius 2 is 1.64 bits per heavy atom. The smallest absolute Gasteiger partial charge is 0.316 e. The normalized spacial score (nSPS) is 18.2. The summed E-state index contributed by atoms with van der Waals surface area (Å²) < 4.78 is 18.8. The summed E-state index contributed by atoms with van der Waals surface area (Å²) in [4.78, 5) is 41.7. The summed E-state index contributed by atoms with van der Waals surface area (Å²) in [5.41, 5.74) is 1.19. The highest BCUT2D eigenvalue weighted by Gasteiger charge is 2.45. The van der Waals surface area contributed by atoms with Gasteiger partial charge in [-0.25, -0.2) is 4.39 Å². The van der Waals surface area contributed by atoms with Gasteiger partial charge in [0, 0.05) is 37.3 Å². The fourth-order valence-corrected chi connectivity index (χ4v) is 4.79. The number of hydrogen-bond acceptors (Lipinski definition) is 4. The van der Waals surface area contributed by atoms with Gasteiger partial charge in [0.1, 0.15) is 5.82 Å². The van der Waals surface area contributed by atoms with Crippen LogP contribution in [0.15, 0.2) is 48.5 Å². The van der Waals surface area contributed by atoms with E-state index >= 15 is 0 Å². The number of carbonyl (C=O) groups excluding carboxylic acids is 3. The van der Waals surface area contributed by atoms with Gasteiger partial charge in [0.2, 0.25) is 5.91 Å². The van der Waals surface area contributed by atoms with Crippen LogP contribution >= 0.6 is 0 Å². The van der Waals surface area contributed by atoms with Gasteiger partial charge >= 0.3 is 5.97 Å². The van der Waals surface area contributed by atoms with Gasteiger partial charge in [0.05, 0.1) is 12.0 Å². The Labute approximate surface area is 193 Å². The Balaban J connectivity index is 1.47. The Hall–Kier alpha value is -3.22. The van der Waals surface area contributed by atoms with Crippen molar-refractivity contribution in [2.24, 2.45) is 0 Å². The standard InChI is InChI=1S/C26H29FN2O4/c1-2-33-25(32)26(20-8-10-21(27)11-9-20)14-17-28(18-15-26)24(31)19-6-12-22(13-7-19)29-16-4-3-5-23(29)30/h6-13H,2-5,14-18H2,1H3. The second-order valence-corrected chi connectivity index (χ2v) is 8.65. The second kappa shape index (κ2) is 9.73. The maximum absolute atomic E-state index is 13.5. The van der Waals surface area contributed by atoms with Crippen LogP contribution in [0.5, 0.6) is 0 Å². The highest BCUT2D eigenvalue weighted by Crippen LogP contribution is 2.37. The molecule has 174 valence electrons. The molecule has 0 aromatic heterocycles. The Kier molecular flexibility index (Phi) is 6.77. The zero-order valence-electron chi connectivity index (χ0n) is 18.9. The monoisotopic (exact) mass is 452 g/mol. The minimum Gasteiger partial charge on any atom is -0.465 e. The van der Waals surface area contributed by atoms with Gasteiger partial charge in [-0.05, 0) is 74.6 Å². The molecule has 0 spiro atoms. The van der Waals surface area contributed by atoms with E-state index in [2.05, 4.69) is 0 Å². The van der Waals surface area contributed by atoms with Gasteiger partial charge in [-0.15, -0.1) is 0 Å². The molecular formula is C26H29FN2O4. The van der Waals surface area contributed by atoms with E-state index < -0.39 is 5.41 Å². The van der Waals surface area contributed by atoms with E-state index in [1.165, 1.54) is 12.1 Å². The van der Waals surface area contributed by atoms with Gasteiger partial charge < -0.3 is 14.5 Å². The molecule has 2 amide bonds. The molecule has 2 aromatic rings. The van der Waals surface area contributed by atoms with Crippen LogP contribution in [0, 0.1) is 5.82 Å². The van der Waals surface area contributed by atoms with E-state index in [4.69, 9.17) is 4.74 Å². The van der Waals surface area contributed by atoms with Crippen LogP contribution < -0.4 is 4.90 Å². The van der Waals surface area contributed by atoms with Gasteiger partial charge in [-0.2, -0.15) is 0 Å². The molecule has 0 radical (unpaired) electrons. The lowest BCUT2D eigenvalue weighted by atomic mass is 9.72. The molecule has 2 heterocycles. The molecule has 4 rings (SSSR count). The summed E-state index contributed by atoms with van der Waals surface area (Å²) in [7, 11) is 0. The summed E-state index contributed by atoms with van der Waals surface area (Å²) in [5, 5.41) is 0. The largest absolute Gasteiger partial charge is 0.465 e. The number of hydrogen-bond donors (Lipinski definition) is 0. The average Bonchev–Trinajstić information content (AvgIpc) is 2.85. The zero-order chi connectivity index (χ0) is 23.4. The van der Waals surface area contributed by atoms with E-state index in [1.807, 2.05) is 12.1 Å². The van der Waals surface area contributed by atoms with Crippen molar-refractivity contribution in [3.63, 3.8) is 0 Å². The molecule has 0 aliphatic carbocycles. The molecule has 7 heteroatoms. The van der Waals surface area contributed by atoms with Crippen molar-refractivity contribution in [3.8, 4) is 0 Å². The number of halogens is 1. The highest BCUT2D eigenvalue weighted by molar-refractivity contribution is 5.97. The van der Waals surface area contributed by atoms with Gasteiger partial charge in [-0.1, -0.05) is 12.1 Å². The fourth-order valence-electron chi connectivity index (χ4n) is 4.79. The molecule has 33 heavy (non-hydrogen) atoms.